The number of amides is 1. The summed E-state index contributed by atoms with van der Waals surface area (Å²) < 4.78 is 24.1. The maximum Gasteiger partial charge on any atom is 0.328 e. The molecule has 0 fully saturated rings. The van der Waals surface area contributed by atoms with Gasteiger partial charge in [-0.25, -0.2) is 9.18 Å². The van der Waals surface area contributed by atoms with Crippen molar-refractivity contribution in [2.75, 3.05) is 19.0 Å². The highest BCUT2D eigenvalue weighted by Gasteiger charge is 2.34. The first kappa shape index (κ1) is 28.4. The van der Waals surface area contributed by atoms with Crippen LogP contribution in [0.1, 0.15) is 37.5 Å². The van der Waals surface area contributed by atoms with Gasteiger partial charge in [-0.2, -0.15) is 0 Å². The van der Waals surface area contributed by atoms with Crippen molar-refractivity contribution in [3.8, 4) is 5.75 Å². The molecule has 7 nitrogen and oxygen atoms in total. The van der Waals surface area contributed by atoms with E-state index in [4.69, 9.17) is 14.9 Å². The number of nitrogens with one attached hydrogen (secondary N) is 3. The van der Waals surface area contributed by atoms with Crippen LogP contribution < -0.4 is 15.4 Å². The summed E-state index contributed by atoms with van der Waals surface area (Å²) in [6.45, 7) is 6.19. The Morgan fingerprint density at radius 1 is 0.974 bits per heavy atom. The minimum atomic E-state index is -0.934. The number of halogens is 1. The molecule has 0 bridgehead atoms. The first-order valence-electron chi connectivity index (χ1n) is 12.3. The molecule has 0 aromatic heterocycles. The molecule has 0 aliphatic heterocycles. The lowest BCUT2D eigenvalue weighted by Crippen LogP contribution is -2.51. The average molecular weight is 520 g/mol. The number of benzene rings is 3. The number of anilines is 1. The third-order valence-corrected chi connectivity index (χ3v) is 5.96. The highest BCUT2D eigenvalue weighted by atomic mass is 19.1. The first-order chi connectivity index (χ1) is 18.1. The quantitative estimate of drug-likeness (QED) is 0.241. The highest BCUT2D eigenvalue weighted by Crippen LogP contribution is 2.26. The average Bonchev–Trinajstić information content (AvgIpc) is 2.90. The predicted molar refractivity (Wildman–Crippen MR) is 146 cm³/mol. The van der Waals surface area contributed by atoms with Crippen LogP contribution in [0, 0.1) is 16.6 Å². The van der Waals surface area contributed by atoms with Gasteiger partial charge in [0.05, 0.1) is 13.7 Å². The summed E-state index contributed by atoms with van der Waals surface area (Å²) in [6.07, 6.45) is 0.723. The number of ether oxygens (including phenoxy) is 2. The monoisotopic (exact) mass is 519 g/mol. The Hall–Kier alpha value is -4.20. The van der Waals surface area contributed by atoms with Gasteiger partial charge in [-0.05, 0) is 40.8 Å². The lowest BCUT2D eigenvalue weighted by atomic mass is 9.86. The zero-order chi connectivity index (χ0) is 27.7. The van der Waals surface area contributed by atoms with Crippen LogP contribution in [0.2, 0.25) is 0 Å². The molecule has 3 N–H and O–H groups in total. The molecular formula is C30H34FN3O4. The fraction of sp³-hybridized carbons (Fsp3) is 0.300. The molecule has 0 radical (unpaired) electrons. The van der Waals surface area contributed by atoms with Crippen LogP contribution in [-0.4, -0.2) is 37.3 Å². The Bertz CT molecular complexity index is 1250. The van der Waals surface area contributed by atoms with E-state index < -0.39 is 23.3 Å². The topological polar surface area (TPSA) is 101 Å². The van der Waals surface area contributed by atoms with Crippen molar-refractivity contribution in [3.63, 3.8) is 0 Å². The van der Waals surface area contributed by atoms with Crippen LogP contribution in [0.3, 0.4) is 0 Å². The van der Waals surface area contributed by atoms with Crippen molar-refractivity contribution in [3.05, 3.63) is 95.3 Å². The smallest absolute Gasteiger partial charge is 0.328 e. The molecule has 0 aliphatic rings. The van der Waals surface area contributed by atoms with Gasteiger partial charge < -0.3 is 20.1 Å². The molecule has 0 heterocycles. The lowest BCUT2D eigenvalue weighted by Gasteiger charge is -2.29. The zero-order valence-electron chi connectivity index (χ0n) is 22.1. The lowest BCUT2D eigenvalue weighted by molar-refractivity contribution is -0.147. The predicted octanol–water partition coefficient (Wildman–Crippen LogP) is 5.13. The van der Waals surface area contributed by atoms with Gasteiger partial charge in [0.2, 0.25) is 0 Å². The highest BCUT2D eigenvalue weighted by molar-refractivity contribution is 6.45. The van der Waals surface area contributed by atoms with E-state index in [1.807, 2.05) is 30.3 Å². The summed E-state index contributed by atoms with van der Waals surface area (Å²) in [5.74, 6) is -1.06. The molecule has 0 saturated carbocycles. The molecule has 1 unspecified atom stereocenters. The molecular weight excluding hydrogens is 485 g/mol. The largest absolute Gasteiger partial charge is 0.493 e. The number of hydrogen-bond donors (Lipinski definition) is 3. The van der Waals surface area contributed by atoms with E-state index >= 15 is 0 Å². The van der Waals surface area contributed by atoms with E-state index in [0.717, 1.165) is 17.5 Å². The van der Waals surface area contributed by atoms with Crippen LogP contribution in [0.15, 0.2) is 72.8 Å². The number of carbonyl (C=O) groups is 2. The first-order valence-corrected chi connectivity index (χ1v) is 12.3. The maximum atomic E-state index is 13.3. The molecule has 0 spiro atoms. The third-order valence-electron chi connectivity index (χ3n) is 5.96. The van der Waals surface area contributed by atoms with Crippen molar-refractivity contribution >= 4 is 23.3 Å². The Balaban J connectivity index is 1.81. The SMILES string of the molecule is COC(=O)C(NC(=O)C(=N)c1ccc(OCCc2ccccc2)cc1NCc1ccc(F)cc1)C(C)(C)C. The fourth-order valence-electron chi connectivity index (χ4n) is 3.78. The van der Waals surface area contributed by atoms with Gasteiger partial charge in [0.25, 0.3) is 5.91 Å². The minimum Gasteiger partial charge on any atom is -0.493 e. The van der Waals surface area contributed by atoms with Crippen LogP contribution in [-0.2, 0) is 27.3 Å². The van der Waals surface area contributed by atoms with Crippen LogP contribution in [0.5, 0.6) is 5.75 Å². The van der Waals surface area contributed by atoms with Crippen molar-refractivity contribution in [1.82, 2.24) is 5.32 Å². The number of methoxy groups -OCH3 is 1. The fourth-order valence-corrected chi connectivity index (χ4v) is 3.78. The zero-order valence-corrected chi connectivity index (χ0v) is 22.1. The van der Waals surface area contributed by atoms with E-state index in [0.29, 0.717) is 30.2 Å². The molecule has 3 rings (SSSR count). The van der Waals surface area contributed by atoms with E-state index in [-0.39, 0.29) is 11.5 Å². The molecule has 0 saturated heterocycles. The molecule has 3 aromatic rings. The summed E-state index contributed by atoms with van der Waals surface area (Å²) in [6, 6.07) is 20.2. The van der Waals surface area contributed by atoms with Crippen LogP contribution in [0.4, 0.5) is 10.1 Å². The molecule has 3 aromatic carbocycles. The minimum absolute atomic E-state index is 0.319. The van der Waals surface area contributed by atoms with Crippen molar-refractivity contribution < 1.29 is 23.5 Å². The number of hydrogen-bond acceptors (Lipinski definition) is 6. The van der Waals surface area contributed by atoms with E-state index in [1.165, 1.54) is 19.2 Å². The van der Waals surface area contributed by atoms with Gasteiger partial charge in [-0.15, -0.1) is 0 Å². The van der Waals surface area contributed by atoms with Gasteiger partial charge in [-0.1, -0.05) is 63.2 Å². The number of esters is 1. The number of carbonyl (C=O) groups excluding carboxylic acids is 2. The van der Waals surface area contributed by atoms with Crippen LogP contribution >= 0.6 is 0 Å². The van der Waals surface area contributed by atoms with Gasteiger partial charge in [0, 0.05) is 30.3 Å². The molecule has 8 heteroatoms. The third kappa shape index (κ3) is 7.90. The summed E-state index contributed by atoms with van der Waals surface area (Å²) in [7, 11) is 1.26. The van der Waals surface area contributed by atoms with Crippen LogP contribution in [0.25, 0.3) is 0 Å². The maximum absolute atomic E-state index is 13.3. The van der Waals surface area contributed by atoms with Gasteiger partial charge in [0.1, 0.15) is 23.3 Å². The normalized spacial score (nSPS) is 11.8. The molecule has 1 amide bonds. The Labute approximate surface area is 222 Å². The molecule has 38 heavy (non-hydrogen) atoms. The summed E-state index contributed by atoms with van der Waals surface area (Å²) in [5, 5.41) is 14.5. The van der Waals surface area contributed by atoms with E-state index in [1.54, 1.807) is 51.1 Å². The van der Waals surface area contributed by atoms with Crippen molar-refractivity contribution in [1.29, 1.82) is 5.41 Å². The second-order valence-corrected chi connectivity index (χ2v) is 9.94. The summed E-state index contributed by atoms with van der Waals surface area (Å²) in [4.78, 5) is 25.3. The Kier molecular flexibility index (Phi) is 9.60. The van der Waals surface area contributed by atoms with E-state index in [9.17, 15) is 14.0 Å². The van der Waals surface area contributed by atoms with E-state index in [2.05, 4.69) is 10.6 Å². The van der Waals surface area contributed by atoms with Gasteiger partial charge in [0.15, 0.2) is 0 Å². The van der Waals surface area contributed by atoms with Crippen molar-refractivity contribution in [2.24, 2.45) is 5.41 Å². The second-order valence-electron chi connectivity index (χ2n) is 9.94. The molecule has 0 aliphatic carbocycles. The standard InChI is InChI=1S/C30H34FN3O4/c1-30(2,3)27(29(36)37-4)34-28(35)26(32)24-15-14-23(38-17-16-20-8-6-5-7-9-20)18-25(24)33-19-21-10-12-22(31)13-11-21/h5-15,18,27,32-33H,16-17,19H2,1-4H3,(H,34,35). The molecule has 200 valence electrons. The molecule has 1 atom stereocenters. The van der Waals surface area contributed by atoms with Gasteiger partial charge >= 0.3 is 5.97 Å². The number of rotatable bonds is 11. The van der Waals surface area contributed by atoms with Crippen molar-refractivity contribution in [2.45, 2.75) is 39.8 Å². The van der Waals surface area contributed by atoms with Gasteiger partial charge in [-0.3, -0.25) is 10.2 Å². The Morgan fingerprint density at radius 3 is 2.29 bits per heavy atom. The Morgan fingerprint density at radius 2 is 1.66 bits per heavy atom. The summed E-state index contributed by atoms with van der Waals surface area (Å²) >= 11 is 0. The summed E-state index contributed by atoms with van der Waals surface area (Å²) in [5.41, 5.74) is 1.86. The second kappa shape index (κ2) is 12.9.